The number of ether oxygens (including phenoxy) is 1. The molecule has 2 aromatic heterocycles. The van der Waals surface area contributed by atoms with Crippen LogP contribution in [0.2, 0.25) is 0 Å². The van der Waals surface area contributed by atoms with Gasteiger partial charge in [-0.2, -0.15) is 5.10 Å². The fourth-order valence-corrected chi connectivity index (χ4v) is 3.91. The van der Waals surface area contributed by atoms with E-state index in [0.29, 0.717) is 17.1 Å². The van der Waals surface area contributed by atoms with Crippen molar-refractivity contribution in [3.8, 4) is 17.2 Å². The lowest BCUT2D eigenvalue weighted by molar-refractivity contribution is 0.0891. The molecule has 6 nitrogen and oxygen atoms in total. The van der Waals surface area contributed by atoms with Crippen LogP contribution in [0.15, 0.2) is 46.9 Å². The maximum Gasteiger partial charge on any atom is 0.272 e. The summed E-state index contributed by atoms with van der Waals surface area (Å²) >= 11 is 0. The number of benzene rings is 1. The van der Waals surface area contributed by atoms with Gasteiger partial charge in [0.1, 0.15) is 17.2 Å². The Bertz CT molecular complexity index is 951. The van der Waals surface area contributed by atoms with Crippen molar-refractivity contribution < 1.29 is 13.9 Å². The molecule has 27 heavy (non-hydrogen) atoms. The fraction of sp³-hybridized carbons (Fsp3) is 0.333. The Balaban J connectivity index is 1.61. The van der Waals surface area contributed by atoms with E-state index in [1.165, 1.54) is 0 Å². The number of aryl methyl sites for hydroxylation is 1. The average molecular weight is 365 g/mol. The minimum absolute atomic E-state index is 0.200. The molecular formula is C21H23N3O3. The molecule has 0 atom stereocenters. The molecule has 0 spiro atoms. The molecule has 4 rings (SSSR count). The maximum absolute atomic E-state index is 13.0. The molecule has 1 saturated carbocycles. The van der Waals surface area contributed by atoms with E-state index < -0.39 is 5.54 Å². The van der Waals surface area contributed by atoms with Crippen LogP contribution in [0.5, 0.6) is 5.75 Å². The molecule has 2 heterocycles. The zero-order valence-corrected chi connectivity index (χ0v) is 15.5. The van der Waals surface area contributed by atoms with Crippen molar-refractivity contribution in [2.45, 2.75) is 38.1 Å². The molecule has 0 unspecified atom stereocenters. The highest BCUT2D eigenvalue weighted by atomic mass is 16.5. The first kappa shape index (κ1) is 17.4. The zero-order chi connectivity index (χ0) is 18.9. The van der Waals surface area contributed by atoms with Crippen LogP contribution in [-0.2, 0) is 5.54 Å². The second-order valence-corrected chi connectivity index (χ2v) is 7.02. The SMILES string of the molecule is COc1ccccc1C1(NC(=O)c2cc(-c3ccc(C)o3)[nH]n2)CCCC1. The summed E-state index contributed by atoms with van der Waals surface area (Å²) in [6.07, 6.45) is 3.90. The van der Waals surface area contributed by atoms with Crippen LogP contribution < -0.4 is 10.1 Å². The third-order valence-electron chi connectivity index (χ3n) is 5.25. The normalized spacial score (nSPS) is 15.6. The third-order valence-corrected chi connectivity index (χ3v) is 5.25. The van der Waals surface area contributed by atoms with Gasteiger partial charge in [-0.3, -0.25) is 9.89 Å². The quantitative estimate of drug-likeness (QED) is 0.711. The first-order valence-corrected chi connectivity index (χ1v) is 9.19. The van der Waals surface area contributed by atoms with E-state index >= 15 is 0 Å². The Labute approximate surface area is 157 Å². The number of methoxy groups -OCH3 is 1. The monoisotopic (exact) mass is 365 g/mol. The van der Waals surface area contributed by atoms with Crippen molar-refractivity contribution in [1.29, 1.82) is 0 Å². The summed E-state index contributed by atoms with van der Waals surface area (Å²) < 4.78 is 11.1. The number of hydrogen-bond donors (Lipinski definition) is 2. The van der Waals surface area contributed by atoms with Crippen LogP contribution >= 0.6 is 0 Å². The number of para-hydroxylation sites is 1. The largest absolute Gasteiger partial charge is 0.496 e. The Morgan fingerprint density at radius 2 is 2.00 bits per heavy atom. The van der Waals surface area contributed by atoms with Gasteiger partial charge < -0.3 is 14.5 Å². The molecule has 1 fully saturated rings. The number of aromatic nitrogens is 2. The van der Waals surface area contributed by atoms with E-state index in [2.05, 4.69) is 15.5 Å². The molecule has 0 bridgehead atoms. The van der Waals surface area contributed by atoms with Crippen LogP contribution in [0.4, 0.5) is 0 Å². The number of aromatic amines is 1. The van der Waals surface area contributed by atoms with E-state index in [-0.39, 0.29) is 5.91 Å². The predicted octanol–water partition coefficient (Wildman–Crippen LogP) is 4.19. The summed E-state index contributed by atoms with van der Waals surface area (Å²) in [5.74, 6) is 2.08. The summed E-state index contributed by atoms with van der Waals surface area (Å²) in [6, 6.07) is 13.4. The number of nitrogens with one attached hydrogen (secondary N) is 2. The summed E-state index contributed by atoms with van der Waals surface area (Å²) in [6.45, 7) is 1.88. The van der Waals surface area contributed by atoms with Crippen molar-refractivity contribution in [3.63, 3.8) is 0 Å². The van der Waals surface area contributed by atoms with E-state index in [1.54, 1.807) is 13.2 Å². The minimum Gasteiger partial charge on any atom is -0.496 e. The number of furan rings is 1. The second kappa shape index (κ2) is 6.95. The van der Waals surface area contributed by atoms with Gasteiger partial charge in [0.2, 0.25) is 0 Å². The number of carbonyl (C=O) groups is 1. The Morgan fingerprint density at radius 1 is 1.22 bits per heavy atom. The molecule has 6 heteroatoms. The van der Waals surface area contributed by atoms with Gasteiger partial charge in [-0.1, -0.05) is 31.0 Å². The van der Waals surface area contributed by atoms with E-state index in [9.17, 15) is 4.79 Å². The first-order valence-electron chi connectivity index (χ1n) is 9.19. The van der Waals surface area contributed by atoms with Crippen LogP contribution in [0.25, 0.3) is 11.5 Å². The lowest BCUT2D eigenvalue weighted by Gasteiger charge is -2.32. The van der Waals surface area contributed by atoms with Gasteiger partial charge in [0, 0.05) is 11.6 Å². The highest BCUT2D eigenvalue weighted by Gasteiger charge is 2.39. The highest BCUT2D eigenvalue weighted by Crippen LogP contribution is 2.42. The van der Waals surface area contributed by atoms with Gasteiger partial charge in [-0.15, -0.1) is 0 Å². The van der Waals surface area contributed by atoms with Gasteiger partial charge in [0.25, 0.3) is 5.91 Å². The van der Waals surface area contributed by atoms with Crippen molar-refractivity contribution >= 4 is 5.91 Å². The lowest BCUT2D eigenvalue weighted by Crippen LogP contribution is -2.44. The number of carbonyl (C=O) groups excluding carboxylic acids is 1. The van der Waals surface area contributed by atoms with Crippen LogP contribution in [0, 0.1) is 6.92 Å². The molecular weight excluding hydrogens is 342 g/mol. The number of amides is 1. The number of nitrogens with zero attached hydrogens (tertiary/aromatic N) is 1. The van der Waals surface area contributed by atoms with Gasteiger partial charge in [0.05, 0.1) is 12.6 Å². The van der Waals surface area contributed by atoms with Crippen molar-refractivity contribution in [2.75, 3.05) is 7.11 Å². The Hall–Kier alpha value is -3.02. The minimum atomic E-state index is -0.427. The van der Waals surface area contributed by atoms with Crippen molar-refractivity contribution in [2.24, 2.45) is 0 Å². The third kappa shape index (κ3) is 3.23. The zero-order valence-electron chi connectivity index (χ0n) is 15.5. The van der Waals surface area contributed by atoms with E-state index in [0.717, 1.165) is 42.8 Å². The summed E-state index contributed by atoms with van der Waals surface area (Å²) in [5, 5.41) is 10.3. The second-order valence-electron chi connectivity index (χ2n) is 7.02. The summed E-state index contributed by atoms with van der Waals surface area (Å²) in [7, 11) is 1.66. The average Bonchev–Trinajstić information content (AvgIpc) is 3.42. The molecule has 0 radical (unpaired) electrons. The Morgan fingerprint density at radius 3 is 2.70 bits per heavy atom. The summed E-state index contributed by atoms with van der Waals surface area (Å²) in [5.41, 5.74) is 1.63. The number of rotatable bonds is 5. The molecule has 2 N–H and O–H groups in total. The first-order chi connectivity index (χ1) is 13.1. The van der Waals surface area contributed by atoms with Gasteiger partial charge >= 0.3 is 0 Å². The molecule has 1 aliphatic rings. The lowest BCUT2D eigenvalue weighted by atomic mass is 9.87. The molecule has 1 amide bonds. The molecule has 0 saturated heterocycles. The number of H-pyrrole nitrogens is 1. The number of hydrogen-bond acceptors (Lipinski definition) is 4. The Kier molecular flexibility index (Phi) is 4.48. The van der Waals surface area contributed by atoms with Gasteiger partial charge in [0.15, 0.2) is 11.5 Å². The van der Waals surface area contributed by atoms with Gasteiger partial charge in [-0.25, -0.2) is 0 Å². The molecule has 0 aliphatic heterocycles. The summed E-state index contributed by atoms with van der Waals surface area (Å²) in [4.78, 5) is 13.0. The van der Waals surface area contributed by atoms with Crippen LogP contribution in [0.3, 0.4) is 0 Å². The molecule has 140 valence electrons. The van der Waals surface area contributed by atoms with Crippen LogP contribution in [-0.4, -0.2) is 23.2 Å². The maximum atomic E-state index is 13.0. The standard InChI is InChI=1S/C21H23N3O3/c1-14-9-10-19(27-14)16-13-17(24-23-16)20(25)22-21(11-5-6-12-21)15-7-3-4-8-18(15)26-2/h3-4,7-10,13H,5-6,11-12H2,1-2H3,(H,22,25)(H,23,24). The van der Waals surface area contributed by atoms with Gasteiger partial charge in [-0.05, 0) is 38.0 Å². The topological polar surface area (TPSA) is 80.1 Å². The smallest absolute Gasteiger partial charge is 0.272 e. The molecule has 1 aromatic carbocycles. The molecule has 1 aliphatic carbocycles. The van der Waals surface area contributed by atoms with Crippen molar-refractivity contribution in [3.05, 3.63) is 59.5 Å². The molecule has 3 aromatic rings. The fourth-order valence-electron chi connectivity index (χ4n) is 3.91. The predicted molar refractivity (Wildman–Crippen MR) is 102 cm³/mol. The van der Waals surface area contributed by atoms with E-state index in [1.807, 2.05) is 43.3 Å². The highest BCUT2D eigenvalue weighted by molar-refractivity contribution is 5.94. The van der Waals surface area contributed by atoms with E-state index in [4.69, 9.17) is 9.15 Å². The van der Waals surface area contributed by atoms with Crippen LogP contribution in [0.1, 0.15) is 47.5 Å². The van der Waals surface area contributed by atoms with Crippen molar-refractivity contribution in [1.82, 2.24) is 15.5 Å².